The van der Waals surface area contributed by atoms with Gasteiger partial charge in [0.05, 0.1) is 12.7 Å². The number of rotatable bonds is 5. The molecular weight excluding hydrogens is 262 g/mol. The first kappa shape index (κ1) is 15.1. The van der Waals surface area contributed by atoms with E-state index in [9.17, 15) is 4.79 Å². The van der Waals surface area contributed by atoms with Crippen molar-refractivity contribution in [2.24, 2.45) is 0 Å². The molecule has 0 saturated heterocycles. The highest BCUT2D eigenvalue weighted by molar-refractivity contribution is 5.90. The molecule has 0 aliphatic heterocycles. The van der Waals surface area contributed by atoms with Crippen LogP contribution in [0.1, 0.15) is 41.3 Å². The summed E-state index contributed by atoms with van der Waals surface area (Å²) in [5, 5.41) is 3.32. The Balaban J connectivity index is 2.01. The minimum atomic E-state index is -0.320. The highest BCUT2D eigenvalue weighted by Gasteiger charge is 2.05. The first-order chi connectivity index (χ1) is 10.1. The molecule has 1 N–H and O–H groups in total. The monoisotopic (exact) mass is 283 g/mol. The van der Waals surface area contributed by atoms with Crippen LogP contribution in [0, 0.1) is 0 Å². The van der Waals surface area contributed by atoms with Crippen LogP contribution in [0.15, 0.2) is 48.5 Å². The van der Waals surface area contributed by atoms with Crippen LogP contribution in [0.4, 0.5) is 5.69 Å². The molecule has 0 heterocycles. The van der Waals surface area contributed by atoms with Crippen molar-refractivity contribution in [2.45, 2.75) is 26.3 Å². The van der Waals surface area contributed by atoms with Crippen LogP contribution < -0.4 is 5.32 Å². The van der Waals surface area contributed by atoms with Gasteiger partial charge in [0.15, 0.2) is 0 Å². The Kier molecular flexibility index (Phi) is 4.99. The van der Waals surface area contributed by atoms with Gasteiger partial charge < -0.3 is 10.1 Å². The average molecular weight is 283 g/mol. The predicted octanol–water partition coefficient (Wildman–Crippen LogP) is 4.21. The minimum Gasteiger partial charge on any atom is -0.465 e. The summed E-state index contributed by atoms with van der Waals surface area (Å²) >= 11 is 0. The van der Waals surface area contributed by atoms with E-state index in [2.05, 4.69) is 43.4 Å². The maximum Gasteiger partial charge on any atom is 0.337 e. The normalized spacial score (nSPS) is 10.5. The first-order valence-corrected chi connectivity index (χ1v) is 7.11. The predicted molar refractivity (Wildman–Crippen MR) is 85.6 cm³/mol. The molecule has 2 rings (SSSR count). The van der Waals surface area contributed by atoms with Crippen LogP contribution in [0.2, 0.25) is 0 Å². The summed E-state index contributed by atoms with van der Waals surface area (Å²) in [6.07, 6.45) is 0. The molecule has 0 amide bonds. The van der Waals surface area contributed by atoms with E-state index in [1.54, 1.807) is 12.1 Å². The zero-order valence-corrected chi connectivity index (χ0v) is 12.7. The van der Waals surface area contributed by atoms with Gasteiger partial charge in [-0.25, -0.2) is 4.79 Å². The van der Waals surface area contributed by atoms with Crippen molar-refractivity contribution in [3.8, 4) is 0 Å². The Bertz CT molecular complexity index is 603. The number of carbonyl (C=O) groups is 1. The number of ether oxygens (including phenoxy) is 1. The van der Waals surface area contributed by atoms with Crippen LogP contribution >= 0.6 is 0 Å². The summed E-state index contributed by atoms with van der Waals surface area (Å²) in [5.74, 6) is 0.226. The van der Waals surface area contributed by atoms with Gasteiger partial charge in [0, 0.05) is 12.2 Å². The number of hydrogen-bond donors (Lipinski definition) is 1. The van der Waals surface area contributed by atoms with Gasteiger partial charge in [-0.2, -0.15) is 0 Å². The zero-order valence-electron chi connectivity index (χ0n) is 12.7. The summed E-state index contributed by atoms with van der Waals surface area (Å²) in [6.45, 7) is 5.10. The van der Waals surface area contributed by atoms with Crippen LogP contribution in [0.3, 0.4) is 0 Å². The Morgan fingerprint density at radius 3 is 2.48 bits per heavy atom. The van der Waals surface area contributed by atoms with Crippen molar-refractivity contribution in [3.05, 3.63) is 65.2 Å². The third kappa shape index (κ3) is 4.09. The number of benzene rings is 2. The summed E-state index contributed by atoms with van der Waals surface area (Å²) in [5.41, 5.74) is 4.01. The standard InChI is InChI=1S/C18H21NO2/c1-13(2)15-9-7-14(8-10-15)12-19-17-6-4-5-16(11-17)18(20)21-3/h4-11,13,19H,12H2,1-3H3. The second-order valence-electron chi connectivity index (χ2n) is 5.32. The molecule has 0 aliphatic carbocycles. The molecule has 0 atom stereocenters. The van der Waals surface area contributed by atoms with E-state index < -0.39 is 0 Å². The first-order valence-electron chi connectivity index (χ1n) is 7.11. The maximum atomic E-state index is 11.5. The lowest BCUT2D eigenvalue weighted by Gasteiger charge is -2.10. The van der Waals surface area contributed by atoms with Crippen LogP contribution in [0.5, 0.6) is 0 Å². The fourth-order valence-corrected chi connectivity index (χ4v) is 2.10. The quantitative estimate of drug-likeness (QED) is 0.835. The summed E-state index contributed by atoms with van der Waals surface area (Å²) in [7, 11) is 1.39. The molecule has 0 saturated carbocycles. The van der Waals surface area contributed by atoms with E-state index in [0.29, 0.717) is 11.5 Å². The minimum absolute atomic E-state index is 0.320. The van der Waals surface area contributed by atoms with Gasteiger partial charge in [-0.3, -0.25) is 0 Å². The molecule has 0 unspecified atom stereocenters. The number of hydrogen-bond acceptors (Lipinski definition) is 3. The van der Waals surface area contributed by atoms with Crippen molar-refractivity contribution in [3.63, 3.8) is 0 Å². The van der Waals surface area contributed by atoms with E-state index in [1.807, 2.05) is 12.1 Å². The fourth-order valence-electron chi connectivity index (χ4n) is 2.10. The number of carbonyl (C=O) groups excluding carboxylic acids is 1. The Labute approximate surface area is 126 Å². The molecule has 110 valence electrons. The molecule has 21 heavy (non-hydrogen) atoms. The number of esters is 1. The van der Waals surface area contributed by atoms with Crippen LogP contribution in [0.25, 0.3) is 0 Å². The average Bonchev–Trinajstić information content (AvgIpc) is 2.52. The number of nitrogens with one attached hydrogen (secondary N) is 1. The largest absolute Gasteiger partial charge is 0.465 e. The third-order valence-electron chi connectivity index (χ3n) is 3.43. The molecule has 2 aromatic rings. The van der Waals surface area contributed by atoms with Crippen molar-refractivity contribution in [2.75, 3.05) is 12.4 Å². The van der Waals surface area contributed by atoms with Gasteiger partial charge in [0.1, 0.15) is 0 Å². The molecular formula is C18H21NO2. The third-order valence-corrected chi connectivity index (χ3v) is 3.43. The summed E-state index contributed by atoms with van der Waals surface area (Å²) in [4.78, 5) is 11.5. The van der Waals surface area contributed by atoms with Gasteiger partial charge in [0.25, 0.3) is 0 Å². The van der Waals surface area contributed by atoms with E-state index in [-0.39, 0.29) is 5.97 Å². The van der Waals surface area contributed by atoms with Gasteiger partial charge in [-0.05, 0) is 35.2 Å². The van der Waals surface area contributed by atoms with Crippen LogP contribution in [-0.4, -0.2) is 13.1 Å². The molecule has 0 aromatic heterocycles. The van der Waals surface area contributed by atoms with Gasteiger partial charge in [-0.15, -0.1) is 0 Å². The SMILES string of the molecule is COC(=O)c1cccc(NCc2ccc(C(C)C)cc2)c1. The second kappa shape index (κ2) is 6.93. The Morgan fingerprint density at radius 1 is 1.14 bits per heavy atom. The van der Waals surface area contributed by atoms with E-state index >= 15 is 0 Å². The Morgan fingerprint density at radius 2 is 1.86 bits per heavy atom. The highest BCUT2D eigenvalue weighted by atomic mass is 16.5. The topological polar surface area (TPSA) is 38.3 Å². The maximum absolute atomic E-state index is 11.5. The van der Waals surface area contributed by atoms with Crippen LogP contribution in [-0.2, 0) is 11.3 Å². The molecule has 0 spiro atoms. The van der Waals surface area contributed by atoms with Gasteiger partial charge >= 0.3 is 5.97 Å². The van der Waals surface area contributed by atoms with E-state index in [0.717, 1.165) is 12.2 Å². The zero-order chi connectivity index (χ0) is 15.2. The van der Waals surface area contributed by atoms with E-state index in [4.69, 9.17) is 4.74 Å². The molecule has 0 radical (unpaired) electrons. The van der Waals surface area contributed by atoms with Crippen molar-refractivity contribution >= 4 is 11.7 Å². The molecule has 0 bridgehead atoms. The lowest BCUT2D eigenvalue weighted by atomic mass is 10.0. The lowest BCUT2D eigenvalue weighted by molar-refractivity contribution is 0.0601. The van der Waals surface area contributed by atoms with E-state index in [1.165, 1.54) is 18.2 Å². The smallest absolute Gasteiger partial charge is 0.337 e. The van der Waals surface area contributed by atoms with Gasteiger partial charge in [-0.1, -0.05) is 44.2 Å². The van der Waals surface area contributed by atoms with Gasteiger partial charge in [0.2, 0.25) is 0 Å². The molecule has 2 aromatic carbocycles. The van der Waals surface area contributed by atoms with Crippen molar-refractivity contribution in [1.82, 2.24) is 0 Å². The molecule has 3 heteroatoms. The second-order valence-corrected chi connectivity index (χ2v) is 5.32. The molecule has 0 aliphatic rings. The number of anilines is 1. The molecule has 3 nitrogen and oxygen atoms in total. The summed E-state index contributed by atoms with van der Waals surface area (Å²) < 4.78 is 4.72. The summed E-state index contributed by atoms with van der Waals surface area (Å²) in [6, 6.07) is 15.9. The fraction of sp³-hybridized carbons (Fsp3) is 0.278. The van der Waals surface area contributed by atoms with Crippen molar-refractivity contribution < 1.29 is 9.53 Å². The molecule has 0 fully saturated rings. The van der Waals surface area contributed by atoms with Crippen molar-refractivity contribution in [1.29, 1.82) is 0 Å². The highest BCUT2D eigenvalue weighted by Crippen LogP contribution is 2.16. The number of methoxy groups -OCH3 is 1. The lowest BCUT2D eigenvalue weighted by Crippen LogP contribution is -2.04. The Hall–Kier alpha value is -2.29.